The van der Waals surface area contributed by atoms with E-state index in [2.05, 4.69) is 25.7 Å². The van der Waals surface area contributed by atoms with Crippen LogP contribution in [-0.2, 0) is 46.1 Å². The highest BCUT2D eigenvalue weighted by Crippen LogP contribution is 2.47. The summed E-state index contributed by atoms with van der Waals surface area (Å²) in [6.07, 6.45) is 11.9. The molecule has 5 bridgehead atoms. The first-order chi connectivity index (χ1) is 22.2. The number of amides is 3. The number of likely N-dealkylation sites (N-methyl/N-ethyl adjacent to an activating group) is 1. The van der Waals surface area contributed by atoms with E-state index in [0.29, 0.717) is 44.8 Å². The number of pyridine rings is 2. The summed E-state index contributed by atoms with van der Waals surface area (Å²) in [5.74, 6) is -0.135. The van der Waals surface area contributed by atoms with Crippen LogP contribution in [0.1, 0.15) is 56.7 Å². The summed E-state index contributed by atoms with van der Waals surface area (Å²) < 4.78 is 7.65. The predicted octanol–water partition coefficient (Wildman–Crippen LogP) is 3.28. The highest BCUT2D eigenvalue weighted by atomic mass is 16.5. The Hall–Kier alpha value is -4.90. The van der Waals surface area contributed by atoms with Gasteiger partial charge in [0.25, 0.3) is 5.91 Å². The zero-order chi connectivity index (χ0) is 32.0. The lowest BCUT2D eigenvalue weighted by Gasteiger charge is -2.25. The third-order valence-corrected chi connectivity index (χ3v) is 9.45. The fraction of sp³-hybridized carbons (Fsp3) is 0.371. The van der Waals surface area contributed by atoms with Crippen molar-refractivity contribution in [2.45, 2.75) is 50.5 Å². The van der Waals surface area contributed by atoms with Gasteiger partial charge in [-0.1, -0.05) is 18.2 Å². The van der Waals surface area contributed by atoms with Gasteiger partial charge in [-0.05, 0) is 78.6 Å². The van der Waals surface area contributed by atoms with Crippen LogP contribution in [0.5, 0.6) is 0 Å². The zero-order valence-electron chi connectivity index (χ0n) is 26.3. The fourth-order valence-electron chi connectivity index (χ4n) is 7.10. The molecule has 2 aliphatic heterocycles. The predicted molar refractivity (Wildman–Crippen MR) is 173 cm³/mol. The number of aryl methyl sites for hydroxylation is 2. The van der Waals surface area contributed by atoms with E-state index < -0.39 is 17.4 Å². The van der Waals surface area contributed by atoms with E-state index in [1.165, 1.54) is 0 Å². The van der Waals surface area contributed by atoms with Crippen molar-refractivity contribution in [2.24, 2.45) is 7.05 Å². The van der Waals surface area contributed by atoms with E-state index in [4.69, 9.17) is 4.74 Å². The van der Waals surface area contributed by atoms with Gasteiger partial charge in [-0.2, -0.15) is 5.10 Å². The molecular weight excluding hydrogens is 582 g/mol. The first-order valence-electron chi connectivity index (χ1n) is 15.7. The minimum atomic E-state index is -0.815. The van der Waals surface area contributed by atoms with E-state index in [1.807, 2.05) is 55.2 Å². The third-order valence-electron chi connectivity index (χ3n) is 9.45. The minimum absolute atomic E-state index is 0.102. The van der Waals surface area contributed by atoms with E-state index in [1.54, 1.807) is 30.4 Å². The Morgan fingerprint density at radius 3 is 2.72 bits per heavy atom. The van der Waals surface area contributed by atoms with Gasteiger partial charge < -0.3 is 20.3 Å². The molecule has 0 unspecified atom stereocenters. The average molecular weight is 620 g/mol. The number of ether oxygens (including phenoxy) is 1. The number of benzene rings is 1. The van der Waals surface area contributed by atoms with E-state index >= 15 is 0 Å². The maximum Gasteiger partial charge on any atom is 0.270 e. The summed E-state index contributed by atoms with van der Waals surface area (Å²) in [5.41, 5.74) is 5.96. The van der Waals surface area contributed by atoms with Gasteiger partial charge >= 0.3 is 0 Å². The van der Waals surface area contributed by atoms with Gasteiger partial charge in [-0.15, -0.1) is 0 Å². The Morgan fingerprint density at radius 1 is 1.00 bits per heavy atom. The van der Waals surface area contributed by atoms with Crippen LogP contribution in [0.3, 0.4) is 0 Å². The molecule has 1 aromatic carbocycles. The molecule has 11 nitrogen and oxygen atoms in total. The zero-order valence-corrected chi connectivity index (χ0v) is 26.3. The lowest BCUT2D eigenvalue weighted by atomic mass is 9.79. The van der Waals surface area contributed by atoms with E-state index in [-0.39, 0.29) is 17.5 Å². The Bertz CT molecular complexity index is 1910. The molecular formula is C35H37N7O4. The van der Waals surface area contributed by atoms with Crippen molar-refractivity contribution in [1.82, 2.24) is 30.0 Å². The van der Waals surface area contributed by atoms with Crippen LogP contribution < -0.4 is 10.6 Å². The van der Waals surface area contributed by atoms with Gasteiger partial charge in [-0.25, -0.2) is 4.98 Å². The molecule has 236 valence electrons. The number of aromatic nitrogens is 4. The Kier molecular flexibility index (Phi) is 7.64. The molecule has 3 aliphatic rings. The molecule has 2 N–H and O–H groups in total. The number of carbonyl (C=O) groups is 3. The lowest BCUT2D eigenvalue weighted by Crippen LogP contribution is -2.49. The number of hydrogen-bond donors (Lipinski definition) is 2. The minimum Gasteiger partial charge on any atom is -0.377 e. The van der Waals surface area contributed by atoms with Gasteiger partial charge in [0.1, 0.15) is 17.6 Å². The van der Waals surface area contributed by atoms with Crippen molar-refractivity contribution in [3.8, 4) is 0 Å². The fourth-order valence-corrected chi connectivity index (χ4v) is 7.10. The summed E-state index contributed by atoms with van der Waals surface area (Å²) >= 11 is 0. The first-order valence-corrected chi connectivity index (χ1v) is 15.7. The van der Waals surface area contributed by atoms with E-state index in [9.17, 15) is 14.4 Å². The van der Waals surface area contributed by atoms with Crippen LogP contribution in [-0.4, -0.2) is 75.2 Å². The average Bonchev–Trinajstić information content (AvgIpc) is 3.69. The van der Waals surface area contributed by atoms with Crippen LogP contribution >= 0.6 is 0 Å². The molecule has 3 amide bonds. The molecule has 46 heavy (non-hydrogen) atoms. The number of rotatable bonds is 2. The van der Waals surface area contributed by atoms with Crippen molar-refractivity contribution in [3.05, 3.63) is 88.0 Å². The normalized spacial score (nSPS) is 22.5. The Balaban J connectivity index is 1.21. The molecule has 0 radical (unpaired) electrons. The third kappa shape index (κ3) is 5.34. The number of nitrogens with one attached hydrogen (secondary N) is 2. The summed E-state index contributed by atoms with van der Waals surface area (Å²) in [6, 6.07) is 7.05. The topological polar surface area (TPSA) is 131 Å². The number of nitrogens with zero attached hydrogens (tertiary/aromatic N) is 5. The summed E-state index contributed by atoms with van der Waals surface area (Å²) in [5, 5.41) is 11.3. The van der Waals surface area contributed by atoms with Gasteiger partial charge in [0.05, 0.1) is 23.7 Å². The van der Waals surface area contributed by atoms with Crippen LogP contribution in [0.2, 0.25) is 0 Å². The summed E-state index contributed by atoms with van der Waals surface area (Å²) in [7, 11) is 3.68. The number of fused-ring (bicyclic) bond motifs is 3. The van der Waals surface area contributed by atoms with Gasteiger partial charge in [-0.3, -0.25) is 24.0 Å². The highest BCUT2D eigenvalue weighted by molar-refractivity contribution is 6.06. The molecule has 1 spiro atoms. The first kappa shape index (κ1) is 29.8. The van der Waals surface area contributed by atoms with Crippen LogP contribution in [0.25, 0.3) is 17.0 Å². The quantitative estimate of drug-likeness (QED) is 0.352. The van der Waals surface area contributed by atoms with Gasteiger partial charge in [0.2, 0.25) is 11.8 Å². The number of anilines is 1. The Labute approximate surface area is 267 Å². The molecule has 7 rings (SSSR count). The highest BCUT2D eigenvalue weighted by Gasteiger charge is 2.51. The van der Waals surface area contributed by atoms with Crippen molar-refractivity contribution in [3.63, 3.8) is 0 Å². The van der Waals surface area contributed by atoms with Crippen LogP contribution in [0.4, 0.5) is 5.82 Å². The molecule has 1 aliphatic carbocycles. The van der Waals surface area contributed by atoms with E-state index in [0.717, 1.165) is 57.1 Å². The van der Waals surface area contributed by atoms with Gasteiger partial charge in [0, 0.05) is 57.0 Å². The Morgan fingerprint density at radius 2 is 1.85 bits per heavy atom. The SMILES string of the molecule is Cc1cc(C[C@H]2NC(=O)c3cc4c(cn3)C[C@@]3(C4)C(=O)Nc4ncc(cc43)/C=C\COCCCCN(C)C2=O)cc2cnn(C)c12. The molecule has 11 heteroatoms. The van der Waals surface area contributed by atoms with Crippen molar-refractivity contribution >= 4 is 40.5 Å². The van der Waals surface area contributed by atoms with Crippen molar-refractivity contribution < 1.29 is 19.1 Å². The largest absolute Gasteiger partial charge is 0.377 e. The van der Waals surface area contributed by atoms with Crippen molar-refractivity contribution in [2.75, 3.05) is 32.1 Å². The number of hydrogen-bond acceptors (Lipinski definition) is 7. The van der Waals surface area contributed by atoms with Crippen LogP contribution in [0.15, 0.2) is 48.9 Å². The molecule has 0 saturated heterocycles. The number of carbonyl (C=O) groups excluding carboxylic acids is 3. The molecule has 0 fully saturated rings. The monoisotopic (exact) mass is 619 g/mol. The smallest absolute Gasteiger partial charge is 0.270 e. The standard InChI is InChI=1S/C35H37N7O4/c1-21-11-23(12-25-20-38-42(3)30(21)25)14-29-33(44)41(2)8-4-5-9-46-10-6-7-22-13-27-31(37-18-22)40-34(45)35(27)16-24-15-28(32(43)39-29)36-19-26(24)17-35/h6-7,11-13,15,18-20,29H,4-5,8-10,14,16-17H2,1-3H3,(H,39,43)(H,37,40,45)/b7-6-/t29-,35-/m1/s1. The second-order valence-corrected chi connectivity index (χ2v) is 12.7. The van der Waals surface area contributed by atoms with Crippen molar-refractivity contribution in [1.29, 1.82) is 0 Å². The second-order valence-electron chi connectivity index (χ2n) is 12.7. The molecule has 3 aromatic heterocycles. The van der Waals surface area contributed by atoms with Gasteiger partial charge in [0.15, 0.2) is 0 Å². The van der Waals surface area contributed by atoms with Crippen LogP contribution in [0, 0.1) is 6.92 Å². The molecule has 0 saturated carbocycles. The maximum absolute atomic E-state index is 13.8. The second kappa shape index (κ2) is 11.8. The summed E-state index contributed by atoms with van der Waals surface area (Å²) in [6.45, 7) is 3.56. The molecule has 4 aromatic rings. The lowest BCUT2D eigenvalue weighted by molar-refractivity contribution is -0.132. The maximum atomic E-state index is 13.8. The molecule has 5 heterocycles. The summed E-state index contributed by atoms with van der Waals surface area (Å²) in [4.78, 5) is 51.7. The molecule has 2 atom stereocenters.